The van der Waals surface area contributed by atoms with Crippen LogP contribution in [-0.2, 0) is 13.3 Å². The average molecular weight is 512 g/mol. The van der Waals surface area contributed by atoms with Crippen molar-refractivity contribution < 1.29 is 9.53 Å². The van der Waals surface area contributed by atoms with Crippen LogP contribution in [0.25, 0.3) is 11.1 Å². The van der Waals surface area contributed by atoms with E-state index in [2.05, 4.69) is 27.6 Å². The van der Waals surface area contributed by atoms with Crippen LogP contribution < -0.4 is 10.1 Å². The standard InChI is InChI=1S/C29H26ClN5O2/c1-20-28(21(2)35(32-20)18-22-7-6-10-25(30)17-22)31-29(36)27-15-16-34(33-27)19-37-26-13-11-24(12-14-26)23-8-4-3-5-9-23/h3-17H,18-19H2,1-2H3,(H,31,36). The molecule has 5 aromatic rings. The lowest BCUT2D eigenvalue weighted by atomic mass is 10.1. The van der Waals surface area contributed by atoms with Gasteiger partial charge < -0.3 is 10.1 Å². The van der Waals surface area contributed by atoms with E-state index in [4.69, 9.17) is 16.3 Å². The van der Waals surface area contributed by atoms with Crippen molar-refractivity contribution in [3.63, 3.8) is 0 Å². The fourth-order valence-electron chi connectivity index (χ4n) is 4.09. The second-order valence-corrected chi connectivity index (χ2v) is 9.13. The molecule has 0 unspecified atom stereocenters. The summed E-state index contributed by atoms with van der Waals surface area (Å²) in [5.41, 5.74) is 5.86. The maximum absolute atomic E-state index is 12.9. The summed E-state index contributed by atoms with van der Waals surface area (Å²) in [7, 11) is 0. The van der Waals surface area contributed by atoms with Gasteiger partial charge in [0.05, 0.1) is 23.6 Å². The predicted octanol–water partition coefficient (Wildman–Crippen LogP) is 6.35. The summed E-state index contributed by atoms with van der Waals surface area (Å²) in [6.45, 7) is 4.54. The smallest absolute Gasteiger partial charge is 0.276 e. The minimum Gasteiger partial charge on any atom is -0.471 e. The van der Waals surface area contributed by atoms with Crippen molar-refractivity contribution in [1.29, 1.82) is 0 Å². The number of aryl methyl sites for hydroxylation is 1. The summed E-state index contributed by atoms with van der Waals surface area (Å²) >= 11 is 6.11. The van der Waals surface area contributed by atoms with E-state index in [1.165, 1.54) is 0 Å². The molecule has 0 saturated carbocycles. The summed E-state index contributed by atoms with van der Waals surface area (Å²) in [6.07, 6.45) is 1.72. The lowest BCUT2D eigenvalue weighted by Crippen LogP contribution is -2.15. The van der Waals surface area contributed by atoms with Gasteiger partial charge in [-0.3, -0.25) is 9.48 Å². The van der Waals surface area contributed by atoms with E-state index < -0.39 is 0 Å². The molecule has 0 atom stereocenters. The molecule has 7 nitrogen and oxygen atoms in total. The van der Waals surface area contributed by atoms with E-state index in [1.54, 1.807) is 16.9 Å². The van der Waals surface area contributed by atoms with Crippen LogP contribution in [0.5, 0.6) is 5.75 Å². The second kappa shape index (κ2) is 10.7. The molecule has 2 aromatic heterocycles. The number of halogens is 1. The number of carbonyl (C=O) groups is 1. The molecule has 2 heterocycles. The topological polar surface area (TPSA) is 74.0 Å². The van der Waals surface area contributed by atoms with E-state index in [-0.39, 0.29) is 12.6 Å². The first-order valence-corrected chi connectivity index (χ1v) is 12.3. The number of nitrogens with one attached hydrogen (secondary N) is 1. The Morgan fingerprint density at radius 1 is 0.919 bits per heavy atom. The number of nitrogens with zero attached hydrogens (tertiary/aromatic N) is 4. The molecule has 5 rings (SSSR count). The SMILES string of the molecule is Cc1nn(Cc2cccc(Cl)c2)c(C)c1NC(=O)c1ccn(COc2ccc(-c3ccccc3)cc2)n1. The van der Waals surface area contributed by atoms with Crippen molar-refractivity contribution in [3.8, 4) is 16.9 Å². The molecule has 0 spiro atoms. The highest BCUT2D eigenvalue weighted by atomic mass is 35.5. The van der Waals surface area contributed by atoms with E-state index in [0.717, 1.165) is 33.8 Å². The molecule has 0 bridgehead atoms. The van der Waals surface area contributed by atoms with E-state index in [1.807, 2.05) is 85.3 Å². The number of carbonyl (C=O) groups excluding carboxylic acids is 1. The average Bonchev–Trinajstić information content (AvgIpc) is 3.49. The van der Waals surface area contributed by atoms with Crippen molar-refractivity contribution in [2.75, 3.05) is 5.32 Å². The molecule has 186 valence electrons. The van der Waals surface area contributed by atoms with E-state index >= 15 is 0 Å². The van der Waals surface area contributed by atoms with Crippen LogP contribution in [0.15, 0.2) is 91.1 Å². The van der Waals surface area contributed by atoms with Gasteiger partial charge in [0.15, 0.2) is 12.4 Å². The van der Waals surface area contributed by atoms with Gasteiger partial charge in [-0.15, -0.1) is 0 Å². The minimum absolute atomic E-state index is 0.188. The quantitative estimate of drug-likeness (QED) is 0.263. The van der Waals surface area contributed by atoms with Crippen LogP contribution in [0.3, 0.4) is 0 Å². The number of aromatic nitrogens is 4. The normalized spacial score (nSPS) is 10.9. The van der Waals surface area contributed by atoms with Crippen molar-refractivity contribution in [2.24, 2.45) is 0 Å². The Kier molecular flexibility index (Phi) is 7.05. The lowest BCUT2D eigenvalue weighted by molar-refractivity contribution is 0.102. The van der Waals surface area contributed by atoms with Crippen LogP contribution in [-0.4, -0.2) is 25.5 Å². The first kappa shape index (κ1) is 24.3. The van der Waals surface area contributed by atoms with Gasteiger partial charge in [-0.1, -0.05) is 66.2 Å². The molecular formula is C29H26ClN5O2. The Hall–Kier alpha value is -4.36. The van der Waals surface area contributed by atoms with Gasteiger partial charge in [-0.25, -0.2) is 4.68 Å². The van der Waals surface area contributed by atoms with E-state index in [0.29, 0.717) is 22.9 Å². The number of hydrogen-bond donors (Lipinski definition) is 1. The molecule has 1 N–H and O–H groups in total. The highest BCUT2D eigenvalue weighted by molar-refractivity contribution is 6.30. The fraction of sp³-hybridized carbons (Fsp3) is 0.138. The van der Waals surface area contributed by atoms with Gasteiger partial charge in [0.2, 0.25) is 0 Å². The van der Waals surface area contributed by atoms with Gasteiger partial charge in [0, 0.05) is 11.2 Å². The predicted molar refractivity (Wildman–Crippen MR) is 145 cm³/mol. The van der Waals surface area contributed by atoms with Gasteiger partial charge in [0.1, 0.15) is 5.75 Å². The zero-order valence-corrected chi connectivity index (χ0v) is 21.3. The molecule has 37 heavy (non-hydrogen) atoms. The molecule has 0 aliphatic heterocycles. The second-order valence-electron chi connectivity index (χ2n) is 8.69. The molecular weight excluding hydrogens is 486 g/mol. The molecule has 0 aliphatic rings. The van der Waals surface area contributed by atoms with Crippen molar-refractivity contribution >= 4 is 23.2 Å². The Labute approximate surface area is 220 Å². The molecule has 0 fully saturated rings. The molecule has 1 amide bonds. The Bertz CT molecular complexity index is 1520. The first-order chi connectivity index (χ1) is 18.0. The number of hydrogen-bond acceptors (Lipinski definition) is 4. The minimum atomic E-state index is -0.306. The number of anilines is 1. The third kappa shape index (κ3) is 5.73. The maximum Gasteiger partial charge on any atom is 0.276 e. The molecule has 0 radical (unpaired) electrons. The van der Waals surface area contributed by atoms with Crippen LogP contribution in [0.4, 0.5) is 5.69 Å². The number of rotatable bonds is 8. The highest BCUT2D eigenvalue weighted by Gasteiger charge is 2.17. The molecule has 8 heteroatoms. The Balaban J connectivity index is 1.20. The monoisotopic (exact) mass is 511 g/mol. The number of amides is 1. The van der Waals surface area contributed by atoms with E-state index in [9.17, 15) is 4.79 Å². The van der Waals surface area contributed by atoms with Crippen LogP contribution in [0.1, 0.15) is 27.4 Å². The third-order valence-electron chi connectivity index (χ3n) is 6.04. The fourth-order valence-corrected chi connectivity index (χ4v) is 4.30. The van der Waals surface area contributed by atoms with Crippen molar-refractivity contribution in [2.45, 2.75) is 27.1 Å². The highest BCUT2D eigenvalue weighted by Crippen LogP contribution is 2.23. The zero-order chi connectivity index (χ0) is 25.8. The van der Waals surface area contributed by atoms with Gasteiger partial charge in [-0.2, -0.15) is 10.2 Å². The third-order valence-corrected chi connectivity index (χ3v) is 6.27. The summed E-state index contributed by atoms with van der Waals surface area (Å²) < 4.78 is 9.29. The first-order valence-electron chi connectivity index (χ1n) is 11.9. The van der Waals surface area contributed by atoms with Gasteiger partial charge in [0.25, 0.3) is 5.91 Å². The van der Waals surface area contributed by atoms with Gasteiger partial charge in [-0.05, 0) is 60.9 Å². The van der Waals surface area contributed by atoms with Crippen LogP contribution in [0, 0.1) is 13.8 Å². The summed E-state index contributed by atoms with van der Waals surface area (Å²) in [5, 5.41) is 12.6. The zero-order valence-electron chi connectivity index (χ0n) is 20.6. The Morgan fingerprint density at radius 2 is 1.68 bits per heavy atom. The number of ether oxygens (including phenoxy) is 1. The van der Waals surface area contributed by atoms with Crippen molar-refractivity contribution in [3.05, 3.63) is 119 Å². The summed E-state index contributed by atoms with van der Waals surface area (Å²) in [4.78, 5) is 12.9. The largest absolute Gasteiger partial charge is 0.471 e. The van der Waals surface area contributed by atoms with Crippen LogP contribution >= 0.6 is 11.6 Å². The summed E-state index contributed by atoms with van der Waals surface area (Å²) in [5.74, 6) is 0.416. The molecule has 0 saturated heterocycles. The number of benzene rings is 3. The van der Waals surface area contributed by atoms with Crippen molar-refractivity contribution in [1.82, 2.24) is 19.6 Å². The lowest BCUT2D eigenvalue weighted by Gasteiger charge is -2.08. The van der Waals surface area contributed by atoms with Gasteiger partial charge >= 0.3 is 0 Å². The molecule has 3 aromatic carbocycles. The van der Waals surface area contributed by atoms with Crippen LogP contribution in [0.2, 0.25) is 5.02 Å². The Morgan fingerprint density at radius 3 is 2.43 bits per heavy atom. The molecule has 0 aliphatic carbocycles. The summed E-state index contributed by atoms with van der Waals surface area (Å²) in [6, 6.07) is 27.4. The maximum atomic E-state index is 12.9.